The predicted octanol–water partition coefficient (Wildman–Crippen LogP) is 5.72. The van der Waals surface area contributed by atoms with Gasteiger partial charge in [-0.15, -0.1) is 10.2 Å². The minimum atomic E-state index is 0.697. The summed E-state index contributed by atoms with van der Waals surface area (Å²) in [7, 11) is 0. The number of nitrogens with zero attached hydrogens (tertiary/aromatic N) is 5. The molecule has 5 nitrogen and oxygen atoms in total. The van der Waals surface area contributed by atoms with Crippen molar-refractivity contribution in [3.05, 3.63) is 65.2 Å². The van der Waals surface area contributed by atoms with Gasteiger partial charge in [0.05, 0.1) is 5.69 Å². The fourth-order valence-corrected chi connectivity index (χ4v) is 4.36. The van der Waals surface area contributed by atoms with E-state index in [1.165, 1.54) is 43.2 Å². The third-order valence-corrected chi connectivity index (χ3v) is 5.94. The van der Waals surface area contributed by atoms with Crippen LogP contribution < -0.4 is 0 Å². The highest BCUT2D eigenvalue weighted by Gasteiger charge is 2.20. The number of aromatic nitrogens is 5. The molecule has 30 heavy (non-hydrogen) atoms. The molecule has 1 saturated carbocycles. The zero-order valence-electron chi connectivity index (χ0n) is 18.3. The molecule has 5 rings (SSSR count). The fraction of sp³-hybridized carbons (Fsp3) is 0.440. The smallest absolute Gasteiger partial charge is 0.204 e. The normalized spacial score (nSPS) is 14.6. The Morgan fingerprint density at radius 2 is 1.73 bits per heavy atom. The Morgan fingerprint density at radius 1 is 0.967 bits per heavy atom. The molecule has 1 aliphatic rings. The molecule has 0 radical (unpaired) electrons. The highest BCUT2D eigenvalue weighted by Crippen LogP contribution is 2.27. The topological polar surface area (TPSA) is 56.0 Å². The second-order valence-corrected chi connectivity index (χ2v) is 8.07. The Balaban J connectivity index is 0.00000106. The molecular formula is C25H31N5. The van der Waals surface area contributed by atoms with Gasteiger partial charge in [0.25, 0.3) is 0 Å². The van der Waals surface area contributed by atoms with E-state index in [0.717, 1.165) is 40.9 Å². The fourth-order valence-electron chi connectivity index (χ4n) is 4.36. The van der Waals surface area contributed by atoms with Gasteiger partial charge in [-0.3, -0.25) is 4.98 Å². The lowest BCUT2D eigenvalue weighted by Gasteiger charge is -2.20. The molecule has 156 valence electrons. The van der Waals surface area contributed by atoms with Crippen molar-refractivity contribution in [1.82, 2.24) is 24.8 Å². The van der Waals surface area contributed by atoms with E-state index in [1.807, 2.05) is 30.6 Å². The van der Waals surface area contributed by atoms with Crippen molar-refractivity contribution in [2.24, 2.45) is 5.92 Å². The molecule has 1 aromatic carbocycles. The van der Waals surface area contributed by atoms with Gasteiger partial charge in [-0.25, -0.2) is 0 Å². The second-order valence-electron chi connectivity index (χ2n) is 8.07. The number of hydrogen-bond donors (Lipinski definition) is 0. The molecule has 3 aromatic heterocycles. The van der Waals surface area contributed by atoms with E-state index in [0.29, 0.717) is 5.92 Å². The zero-order valence-corrected chi connectivity index (χ0v) is 18.3. The van der Waals surface area contributed by atoms with Crippen molar-refractivity contribution in [2.45, 2.75) is 65.7 Å². The minimum Gasteiger partial charge on any atom is -0.252 e. The Kier molecular flexibility index (Phi) is 6.36. The highest BCUT2D eigenvalue weighted by molar-refractivity contribution is 5.91. The van der Waals surface area contributed by atoms with E-state index >= 15 is 0 Å². The molecule has 0 amide bonds. The molecule has 0 aliphatic heterocycles. The third-order valence-electron chi connectivity index (χ3n) is 5.94. The van der Waals surface area contributed by atoms with Crippen molar-refractivity contribution in [3.63, 3.8) is 0 Å². The van der Waals surface area contributed by atoms with Gasteiger partial charge in [0.15, 0.2) is 5.82 Å². The van der Waals surface area contributed by atoms with Gasteiger partial charge >= 0.3 is 0 Å². The summed E-state index contributed by atoms with van der Waals surface area (Å²) in [5, 5.41) is 15.0. The summed E-state index contributed by atoms with van der Waals surface area (Å²) in [5.74, 6) is 1.67. The van der Waals surface area contributed by atoms with Crippen molar-refractivity contribution in [3.8, 4) is 0 Å². The van der Waals surface area contributed by atoms with E-state index in [9.17, 15) is 0 Å². The Morgan fingerprint density at radius 3 is 2.50 bits per heavy atom. The van der Waals surface area contributed by atoms with Gasteiger partial charge in [-0.2, -0.15) is 9.61 Å². The highest BCUT2D eigenvalue weighted by atomic mass is 15.4. The van der Waals surface area contributed by atoms with Gasteiger partial charge in [-0.1, -0.05) is 75.8 Å². The monoisotopic (exact) mass is 401 g/mol. The predicted molar refractivity (Wildman–Crippen MR) is 122 cm³/mol. The third kappa shape index (κ3) is 4.20. The summed E-state index contributed by atoms with van der Waals surface area (Å²) in [6.45, 7) is 6.11. The van der Waals surface area contributed by atoms with Crippen LogP contribution in [0.2, 0.25) is 0 Å². The maximum absolute atomic E-state index is 5.00. The van der Waals surface area contributed by atoms with Crippen LogP contribution >= 0.6 is 0 Å². The summed E-state index contributed by atoms with van der Waals surface area (Å²) in [4.78, 5) is 4.62. The first-order valence-corrected chi connectivity index (χ1v) is 11.3. The molecule has 3 heterocycles. The number of hydrogen-bond acceptors (Lipinski definition) is 4. The minimum absolute atomic E-state index is 0.697. The van der Waals surface area contributed by atoms with Crippen molar-refractivity contribution in [1.29, 1.82) is 0 Å². The van der Waals surface area contributed by atoms with Crippen LogP contribution in [0.25, 0.3) is 16.6 Å². The summed E-state index contributed by atoms with van der Waals surface area (Å²) in [5.41, 5.74) is 5.22. The summed E-state index contributed by atoms with van der Waals surface area (Å²) < 4.78 is 1.95. The van der Waals surface area contributed by atoms with Crippen LogP contribution in [0, 0.1) is 12.8 Å². The molecule has 0 unspecified atom stereocenters. The van der Waals surface area contributed by atoms with Crippen molar-refractivity contribution >= 4 is 16.6 Å². The quantitative estimate of drug-likeness (QED) is 0.439. The molecule has 5 heteroatoms. The van der Waals surface area contributed by atoms with Gasteiger partial charge < -0.3 is 0 Å². The largest absolute Gasteiger partial charge is 0.252 e. The van der Waals surface area contributed by atoms with Crippen LogP contribution in [0.15, 0.2) is 42.6 Å². The van der Waals surface area contributed by atoms with Gasteiger partial charge in [0.1, 0.15) is 5.52 Å². The van der Waals surface area contributed by atoms with Gasteiger partial charge in [0.2, 0.25) is 5.65 Å². The first kappa shape index (κ1) is 20.5. The maximum atomic E-state index is 5.00. The average molecular weight is 402 g/mol. The van der Waals surface area contributed by atoms with E-state index in [4.69, 9.17) is 5.10 Å². The molecule has 0 saturated heterocycles. The molecule has 1 aliphatic carbocycles. The molecule has 0 bridgehead atoms. The van der Waals surface area contributed by atoms with Crippen LogP contribution in [-0.4, -0.2) is 24.8 Å². The number of aryl methyl sites for hydroxylation is 1. The Bertz CT molecular complexity index is 1110. The van der Waals surface area contributed by atoms with Crippen LogP contribution in [0.5, 0.6) is 0 Å². The lowest BCUT2D eigenvalue weighted by molar-refractivity contribution is 0.349. The molecule has 0 N–H and O–H groups in total. The second kappa shape index (κ2) is 9.33. The van der Waals surface area contributed by atoms with E-state index in [2.05, 4.69) is 52.4 Å². The Hall–Kier alpha value is -2.82. The lowest BCUT2D eigenvalue weighted by Crippen LogP contribution is -2.13. The van der Waals surface area contributed by atoms with Crippen LogP contribution in [0.1, 0.15) is 68.6 Å². The molecule has 4 aromatic rings. The average Bonchev–Trinajstić information content (AvgIpc) is 3.20. The molecular weight excluding hydrogens is 370 g/mol. The first-order chi connectivity index (χ1) is 14.8. The van der Waals surface area contributed by atoms with Crippen molar-refractivity contribution < 1.29 is 0 Å². The maximum Gasteiger partial charge on any atom is 0.204 e. The lowest BCUT2D eigenvalue weighted by atomic mass is 9.87. The van der Waals surface area contributed by atoms with Gasteiger partial charge in [-0.05, 0) is 30.5 Å². The standard InChI is InChI=1S/C23H25N5.C2H6/c1-16-9-11-18(12-10-16)14-20-19-8-5-13-24-22(19)23-26-25-21(28(23)27-20)15-17-6-3-2-4-7-17;1-2/h5,8-13,17H,2-4,6-7,14-15H2,1H3;1-2H3. The molecule has 0 spiro atoms. The van der Waals surface area contributed by atoms with Gasteiger partial charge in [0, 0.05) is 24.4 Å². The summed E-state index contributed by atoms with van der Waals surface area (Å²) >= 11 is 0. The van der Waals surface area contributed by atoms with E-state index in [-0.39, 0.29) is 0 Å². The number of pyridine rings is 1. The van der Waals surface area contributed by atoms with E-state index < -0.39 is 0 Å². The Labute approximate surface area is 178 Å². The zero-order chi connectivity index (χ0) is 20.9. The number of rotatable bonds is 4. The molecule has 0 atom stereocenters. The van der Waals surface area contributed by atoms with E-state index in [1.54, 1.807) is 0 Å². The number of benzene rings is 1. The molecule has 1 fully saturated rings. The van der Waals surface area contributed by atoms with Crippen LogP contribution in [0.3, 0.4) is 0 Å². The number of fused-ring (bicyclic) bond motifs is 3. The van der Waals surface area contributed by atoms with Crippen LogP contribution in [0.4, 0.5) is 0 Å². The SMILES string of the molecule is CC.Cc1ccc(Cc2nn3c(CC4CCCCC4)nnc3c3ncccc23)cc1. The summed E-state index contributed by atoms with van der Waals surface area (Å²) in [6.07, 6.45) is 10.2. The van der Waals surface area contributed by atoms with Crippen molar-refractivity contribution in [2.75, 3.05) is 0 Å². The summed E-state index contributed by atoms with van der Waals surface area (Å²) in [6, 6.07) is 12.7. The van der Waals surface area contributed by atoms with Crippen LogP contribution in [-0.2, 0) is 12.8 Å². The first-order valence-electron chi connectivity index (χ1n) is 11.3.